The Kier molecular flexibility index (Phi) is 5.60. The van der Waals surface area contributed by atoms with Crippen molar-refractivity contribution in [3.8, 4) is 0 Å². The summed E-state index contributed by atoms with van der Waals surface area (Å²) in [5.41, 5.74) is 1.44. The highest BCUT2D eigenvalue weighted by Gasteiger charge is 2.52. The summed E-state index contributed by atoms with van der Waals surface area (Å²) in [5.74, 6) is 2.16. The molecule has 3 N–H and O–H groups in total. The lowest BCUT2D eigenvalue weighted by Crippen LogP contribution is -2.52. The van der Waals surface area contributed by atoms with Gasteiger partial charge in [0.2, 0.25) is 5.91 Å². The Balaban J connectivity index is 1.78. The summed E-state index contributed by atoms with van der Waals surface area (Å²) in [6, 6.07) is 0.179. The smallest absolute Gasteiger partial charge is 0.217 e. The molecule has 0 spiro atoms. The zero-order chi connectivity index (χ0) is 18.2. The number of fused-ring (bicyclic) bond motifs is 1. The van der Waals surface area contributed by atoms with Gasteiger partial charge in [0.05, 0.1) is 0 Å². The Morgan fingerprint density at radius 3 is 2.64 bits per heavy atom. The number of allylic oxidation sites excluding steroid dienone is 1. The second kappa shape index (κ2) is 7.40. The molecule has 4 nitrogen and oxygen atoms in total. The molecular weight excluding hydrogens is 314 g/mol. The molecule has 0 bridgehead atoms. The number of rotatable bonds is 4. The first-order valence-corrected chi connectivity index (χ1v) is 10.1. The van der Waals surface area contributed by atoms with Crippen molar-refractivity contribution in [1.29, 1.82) is 0 Å². The van der Waals surface area contributed by atoms with Gasteiger partial charge in [0, 0.05) is 26.2 Å². The molecule has 0 aromatic heterocycles. The fourth-order valence-corrected chi connectivity index (χ4v) is 6.53. The lowest BCUT2D eigenvalue weighted by molar-refractivity contribution is -0.121. The molecule has 0 radical (unpaired) electrons. The van der Waals surface area contributed by atoms with E-state index < -0.39 is 0 Å². The van der Waals surface area contributed by atoms with Gasteiger partial charge in [-0.3, -0.25) is 4.79 Å². The van der Waals surface area contributed by atoms with Gasteiger partial charge in [0.15, 0.2) is 0 Å². The summed E-state index contributed by atoms with van der Waals surface area (Å²) in [4.78, 5) is 11.4. The van der Waals surface area contributed by atoms with E-state index >= 15 is 0 Å². The molecule has 142 valence electrons. The molecule has 0 aliphatic heterocycles. The zero-order valence-electron chi connectivity index (χ0n) is 15.8. The summed E-state index contributed by atoms with van der Waals surface area (Å²) < 4.78 is 0. The summed E-state index contributed by atoms with van der Waals surface area (Å²) in [6.07, 6.45) is 7.44. The third-order valence-corrected chi connectivity index (χ3v) is 7.91. The third kappa shape index (κ3) is 3.40. The summed E-state index contributed by atoms with van der Waals surface area (Å²) in [5, 5.41) is 23.4. The van der Waals surface area contributed by atoms with Crippen LogP contribution in [-0.2, 0) is 4.79 Å². The number of carbonyl (C=O) groups is 1. The van der Waals surface area contributed by atoms with Crippen molar-refractivity contribution in [2.24, 2.45) is 35.0 Å². The summed E-state index contributed by atoms with van der Waals surface area (Å²) >= 11 is 0. The molecule has 0 aromatic rings. The fraction of sp³-hybridized carbons (Fsp3) is 0.857. The fourth-order valence-electron chi connectivity index (χ4n) is 6.53. The molecule has 0 heterocycles. The number of hydrogen-bond acceptors (Lipinski definition) is 3. The second-order valence-corrected chi connectivity index (χ2v) is 9.05. The van der Waals surface area contributed by atoms with Crippen LogP contribution < -0.4 is 5.32 Å². The summed E-state index contributed by atoms with van der Waals surface area (Å²) in [6.45, 7) is 8.59. The van der Waals surface area contributed by atoms with Crippen LogP contribution in [0.25, 0.3) is 0 Å². The molecule has 3 saturated carbocycles. The third-order valence-electron chi connectivity index (χ3n) is 7.91. The van der Waals surface area contributed by atoms with Crippen LogP contribution in [0.4, 0.5) is 0 Å². The van der Waals surface area contributed by atoms with Crippen molar-refractivity contribution in [1.82, 2.24) is 5.32 Å². The molecule has 3 aliphatic rings. The number of aliphatic hydroxyl groups is 2. The highest BCUT2D eigenvalue weighted by atomic mass is 16.3. The van der Waals surface area contributed by atoms with E-state index in [0.29, 0.717) is 23.7 Å². The van der Waals surface area contributed by atoms with E-state index in [9.17, 15) is 15.0 Å². The average molecular weight is 350 g/mol. The van der Waals surface area contributed by atoms with Crippen LogP contribution in [0.2, 0.25) is 0 Å². The normalized spacial score (nSPS) is 44.4. The van der Waals surface area contributed by atoms with Crippen LogP contribution in [-0.4, -0.2) is 35.4 Å². The number of hydrogen-bond donors (Lipinski definition) is 3. The van der Waals surface area contributed by atoms with Gasteiger partial charge in [-0.25, -0.2) is 0 Å². The molecule has 0 unspecified atom stereocenters. The van der Waals surface area contributed by atoms with Crippen molar-refractivity contribution in [3.63, 3.8) is 0 Å². The van der Waals surface area contributed by atoms with Gasteiger partial charge < -0.3 is 15.5 Å². The van der Waals surface area contributed by atoms with E-state index in [1.165, 1.54) is 18.4 Å². The van der Waals surface area contributed by atoms with Crippen molar-refractivity contribution in [2.45, 2.75) is 64.8 Å². The van der Waals surface area contributed by atoms with Crippen molar-refractivity contribution in [3.05, 3.63) is 12.2 Å². The van der Waals surface area contributed by atoms with E-state index in [0.717, 1.165) is 32.1 Å². The van der Waals surface area contributed by atoms with Crippen LogP contribution in [0, 0.1) is 35.0 Å². The molecule has 3 fully saturated rings. The molecular formula is C21H35NO3. The van der Waals surface area contributed by atoms with Crippen LogP contribution >= 0.6 is 0 Å². The number of aliphatic hydroxyl groups excluding tert-OH is 2. The van der Waals surface area contributed by atoms with Gasteiger partial charge in [-0.1, -0.05) is 19.1 Å². The van der Waals surface area contributed by atoms with Crippen LogP contribution in [0.5, 0.6) is 0 Å². The quantitative estimate of drug-likeness (QED) is 0.684. The van der Waals surface area contributed by atoms with E-state index in [2.05, 4.69) is 18.8 Å². The predicted octanol–water partition coefficient (Wildman–Crippen LogP) is 2.89. The highest BCUT2D eigenvalue weighted by Crippen LogP contribution is 2.58. The predicted molar refractivity (Wildman–Crippen MR) is 98.8 cm³/mol. The second-order valence-electron chi connectivity index (χ2n) is 9.05. The van der Waals surface area contributed by atoms with Crippen LogP contribution in [0.1, 0.15) is 58.8 Å². The maximum absolute atomic E-state index is 11.4. The molecule has 3 aliphatic carbocycles. The van der Waals surface area contributed by atoms with E-state index in [4.69, 9.17) is 0 Å². The maximum Gasteiger partial charge on any atom is 0.217 e. The maximum atomic E-state index is 11.4. The largest absolute Gasteiger partial charge is 0.396 e. The Bertz CT molecular complexity index is 519. The molecule has 0 aromatic carbocycles. The zero-order valence-corrected chi connectivity index (χ0v) is 15.8. The minimum atomic E-state index is 0.0171. The van der Waals surface area contributed by atoms with Gasteiger partial charge in [-0.2, -0.15) is 0 Å². The van der Waals surface area contributed by atoms with Crippen molar-refractivity contribution in [2.75, 3.05) is 13.2 Å². The highest BCUT2D eigenvalue weighted by molar-refractivity contribution is 5.73. The topological polar surface area (TPSA) is 69.6 Å². The first-order chi connectivity index (χ1) is 11.9. The minimum Gasteiger partial charge on any atom is -0.396 e. The lowest BCUT2D eigenvalue weighted by Gasteiger charge is -2.54. The molecule has 1 amide bonds. The Morgan fingerprint density at radius 2 is 2.00 bits per heavy atom. The number of amides is 1. The Labute approximate surface area is 152 Å². The molecule has 7 atom stereocenters. The van der Waals surface area contributed by atoms with Crippen LogP contribution in [0.15, 0.2) is 12.2 Å². The molecule has 25 heavy (non-hydrogen) atoms. The van der Waals surface area contributed by atoms with Gasteiger partial charge in [-0.15, -0.1) is 0 Å². The van der Waals surface area contributed by atoms with E-state index in [-0.39, 0.29) is 36.5 Å². The van der Waals surface area contributed by atoms with Gasteiger partial charge in [0.1, 0.15) is 0 Å². The molecule has 0 saturated heterocycles. The minimum absolute atomic E-state index is 0.0171. The first kappa shape index (κ1) is 18.9. The Morgan fingerprint density at radius 1 is 1.24 bits per heavy atom. The molecule has 4 heteroatoms. The standard InChI is InChI=1S/C21H35NO3/c1-13-4-5-18-17(13)6-7-20(19(18)12-24)21(3)9-8-16(22-14(2)25)10-15(21)11-23/h15-20,23-24H,1,4-12H2,2-3H3,(H,22,25)/t15-,16+,17-,18-,19+,20+,21+/m1/s1. The first-order valence-electron chi connectivity index (χ1n) is 10.1. The van der Waals surface area contributed by atoms with Gasteiger partial charge in [0.25, 0.3) is 0 Å². The summed E-state index contributed by atoms with van der Waals surface area (Å²) in [7, 11) is 0. The van der Waals surface area contributed by atoms with Gasteiger partial charge in [-0.05, 0) is 80.0 Å². The van der Waals surface area contributed by atoms with E-state index in [1.807, 2.05) is 0 Å². The lowest BCUT2D eigenvalue weighted by atomic mass is 9.52. The number of carbonyl (C=O) groups excluding carboxylic acids is 1. The molecule has 3 rings (SSSR count). The van der Waals surface area contributed by atoms with Crippen LogP contribution in [0.3, 0.4) is 0 Å². The average Bonchev–Trinajstić information content (AvgIpc) is 2.96. The monoisotopic (exact) mass is 349 g/mol. The Hall–Kier alpha value is -0.870. The SMILES string of the molecule is C=C1CC[C@H]2[C@H](CO)[C@@H]([C@@]3(C)CC[C@H](NC(C)=O)C[C@@H]3CO)CC[C@H]12. The van der Waals surface area contributed by atoms with Crippen molar-refractivity contribution < 1.29 is 15.0 Å². The number of nitrogens with one attached hydrogen (secondary N) is 1. The van der Waals surface area contributed by atoms with E-state index in [1.54, 1.807) is 6.92 Å². The van der Waals surface area contributed by atoms with Crippen molar-refractivity contribution >= 4 is 5.91 Å². The van der Waals surface area contributed by atoms with Gasteiger partial charge >= 0.3 is 0 Å².